The molecule has 1 aromatic carbocycles. The van der Waals surface area contributed by atoms with Gasteiger partial charge in [-0.25, -0.2) is 4.79 Å². The molecule has 1 atom stereocenters. The fourth-order valence-corrected chi connectivity index (χ4v) is 2.37. The molecule has 0 saturated carbocycles. The highest BCUT2D eigenvalue weighted by atomic mass is 16.7. The summed E-state index contributed by atoms with van der Waals surface area (Å²) in [5.74, 6) is 1.53. The number of rotatable bonds is 5. The normalized spacial score (nSPS) is 13.4. The Bertz CT molecular complexity index is 676. The molecule has 2 N–H and O–H groups in total. The van der Waals surface area contributed by atoms with Crippen LogP contribution in [0.3, 0.4) is 0 Å². The van der Waals surface area contributed by atoms with Crippen LogP contribution in [-0.4, -0.2) is 24.4 Å². The van der Waals surface area contributed by atoms with Gasteiger partial charge in [-0.2, -0.15) is 0 Å². The molecule has 120 valence electrons. The van der Waals surface area contributed by atoms with Crippen molar-refractivity contribution in [2.45, 2.75) is 19.4 Å². The van der Waals surface area contributed by atoms with Crippen molar-refractivity contribution in [1.29, 1.82) is 0 Å². The van der Waals surface area contributed by atoms with Gasteiger partial charge < -0.3 is 20.1 Å². The maximum absolute atomic E-state index is 11.9. The van der Waals surface area contributed by atoms with Gasteiger partial charge in [0.25, 0.3) is 0 Å². The van der Waals surface area contributed by atoms with Gasteiger partial charge in [-0.3, -0.25) is 4.98 Å². The van der Waals surface area contributed by atoms with Crippen LogP contribution < -0.4 is 20.1 Å². The van der Waals surface area contributed by atoms with Gasteiger partial charge in [-0.1, -0.05) is 12.1 Å². The number of nitrogens with one attached hydrogen (secondary N) is 2. The smallest absolute Gasteiger partial charge is 0.315 e. The topological polar surface area (TPSA) is 72.5 Å². The summed E-state index contributed by atoms with van der Waals surface area (Å²) >= 11 is 0. The predicted octanol–water partition coefficient (Wildman–Crippen LogP) is 2.41. The van der Waals surface area contributed by atoms with Gasteiger partial charge >= 0.3 is 6.03 Å². The van der Waals surface area contributed by atoms with E-state index in [1.54, 1.807) is 6.20 Å². The van der Waals surface area contributed by atoms with E-state index in [-0.39, 0.29) is 18.9 Å². The first-order chi connectivity index (χ1) is 11.2. The highest BCUT2D eigenvalue weighted by Gasteiger charge is 2.13. The number of pyridine rings is 1. The van der Waals surface area contributed by atoms with E-state index in [9.17, 15) is 4.79 Å². The number of ether oxygens (including phenoxy) is 2. The summed E-state index contributed by atoms with van der Waals surface area (Å²) in [6.07, 6.45) is 2.44. The quantitative estimate of drug-likeness (QED) is 0.889. The van der Waals surface area contributed by atoms with Gasteiger partial charge in [0.15, 0.2) is 11.5 Å². The summed E-state index contributed by atoms with van der Waals surface area (Å²) in [5.41, 5.74) is 1.92. The molecule has 0 radical (unpaired) electrons. The number of nitrogens with zero attached hydrogens (tertiary/aromatic N) is 1. The highest BCUT2D eigenvalue weighted by Crippen LogP contribution is 2.32. The van der Waals surface area contributed by atoms with E-state index in [0.717, 1.165) is 29.2 Å². The molecule has 0 unspecified atom stereocenters. The Morgan fingerprint density at radius 3 is 2.96 bits per heavy atom. The summed E-state index contributed by atoms with van der Waals surface area (Å²) in [6.45, 7) is 2.71. The summed E-state index contributed by atoms with van der Waals surface area (Å²) in [7, 11) is 0. The number of hydrogen-bond acceptors (Lipinski definition) is 4. The van der Waals surface area contributed by atoms with Crippen LogP contribution in [0.15, 0.2) is 42.6 Å². The Balaban J connectivity index is 1.44. The van der Waals surface area contributed by atoms with Crippen molar-refractivity contribution < 1.29 is 14.3 Å². The number of benzene rings is 1. The molecule has 0 spiro atoms. The third kappa shape index (κ3) is 3.91. The van der Waals surface area contributed by atoms with Crippen molar-refractivity contribution in [2.24, 2.45) is 0 Å². The molecule has 6 nitrogen and oxygen atoms in total. The van der Waals surface area contributed by atoms with Crippen LogP contribution in [0.25, 0.3) is 0 Å². The molecule has 1 aromatic heterocycles. The lowest BCUT2D eigenvalue weighted by Crippen LogP contribution is -2.38. The monoisotopic (exact) mass is 313 g/mol. The lowest BCUT2D eigenvalue weighted by atomic mass is 10.1. The second-order valence-electron chi connectivity index (χ2n) is 5.31. The molecular weight excluding hydrogens is 294 g/mol. The zero-order valence-corrected chi connectivity index (χ0v) is 12.9. The predicted molar refractivity (Wildman–Crippen MR) is 85.5 cm³/mol. The number of amides is 2. The number of fused-ring (bicyclic) bond motifs is 1. The van der Waals surface area contributed by atoms with Gasteiger partial charge in [0.05, 0.1) is 11.7 Å². The maximum Gasteiger partial charge on any atom is 0.315 e. The molecule has 0 bridgehead atoms. The molecule has 6 heteroatoms. The third-order valence-electron chi connectivity index (χ3n) is 3.62. The molecule has 3 rings (SSSR count). The molecule has 0 aliphatic carbocycles. The molecule has 0 saturated heterocycles. The van der Waals surface area contributed by atoms with Crippen molar-refractivity contribution in [3.63, 3.8) is 0 Å². The summed E-state index contributed by atoms with van der Waals surface area (Å²) in [4.78, 5) is 16.1. The zero-order valence-electron chi connectivity index (χ0n) is 12.9. The standard InChI is InChI=1S/C17H19N3O3/c1-12(14-4-2-3-8-18-14)20-17(21)19-9-7-13-5-6-15-16(10-13)23-11-22-15/h2-6,8,10,12H,7,9,11H2,1H3,(H2,19,20,21)/t12-/m0/s1. The van der Waals surface area contributed by atoms with E-state index in [2.05, 4.69) is 15.6 Å². The Labute approximate surface area is 134 Å². The van der Waals surface area contributed by atoms with Crippen molar-refractivity contribution in [3.8, 4) is 11.5 Å². The van der Waals surface area contributed by atoms with E-state index in [0.29, 0.717) is 6.54 Å². The average Bonchev–Trinajstić information content (AvgIpc) is 3.03. The minimum absolute atomic E-state index is 0.137. The minimum atomic E-state index is -0.205. The van der Waals surface area contributed by atoms with Crippen LogP contribution >= 0.6 is 0 Å². The lowest BCUT2D eigenvalue weighted by Gasteiger charge is -2.14. The van der Waals surface area contributed by atoms with Crippen LogP contribution in [0.4, 0.5) is 4.79 Å². The number of carbonyl (C=O) groups excluding carboxylic acids is 1. The van der Waals surface area contributed by atoms with Gasteiger partial charge in [0.2, 0.25) is 6.79 Å². The summed E-state index contributed by atoms with van der Waals surface area (Å²) in [5, 5.41) is 5.72. The third-order valence-corrected chi connectivity index (χ3v) is 3.62. The fourth-order valence-electron chi connectivity index (χ4n) is 2.37. The van der Waals surface area contributed by atoms with Gasteiger partial charge in [-0.05, 0) is 43.2 Å². The summed E-state index contributed by atoms with van der Waals surface area (Å²) < 4.78 is 10.6. The van der Waals surface area contributed by atoms with E-state index in [1.807, 2.05) is 43.3 Å². The van der Waals surface area contributed by atoms with Gasteiger partial charge in [0.1, 0.15) is 0 Å². The van der Waals surface area contributed by atoms with Crippen molar-refractivity contribution in [3.05, 3.63) is 53.9 Å². The van der Waals surface area contributed by atoms with E-state index < -0.39 is 0 Å². The molecule has 1 aliphatic rings. The minimum Gasteiger partial charge on any atom is -0.454 e. The molecule has 0 fully saturated rings. The Morgan fingerprint density at radius 1 is 1.26 bits per heavy atom. The van der Waals surface area contributed by atoms with Crippen molar-refractivity contribution in [2.75, 3.05) is 13.3 Å². The molecule has 1 aliphatic heterocycles. The second kappa shape index (κ2) is 7.00. The maximum atomic E-state index is 11.9. The van der Waals surface area contributed by atoms with Crippen LogP contribution in [-0.2, 0) is 6.42 Å². The SMILES string of the molecule is C[C@H](NC(=O)NCCc1ccc2c(c1)OCO2)c1ccccn1. The number of carbonyl (C=O) groups is 1. The number of hydrogen-bond donors (Lipinski definition) is 2. The average molecular weight is 313 g/mol. The van der Waals surface area contributed by atoms with Crippen LogP contribution in [0, 0.1) is 0 Å². The Hall–Kier alpha value is -2.76. The molecule has 23 heavy (non-hydrogen) atoms. The van der Waals surface area contributed by atoms with E-state index in [4.69, 9.17) is 9.47 Å². The van der Waals surface area contributed by atoms with Crippen LogP contribution in [0.1, 0.15) is 24.2 Å². The Morgan fingerprint density at radius 2 is 2.13 bits per heavy atom. The molecular formula is C17H19N3O3. The first-order valence-corrected chi connectivity index (χ1v) is 7.56. The molecule has 2 aromatic rings. The number of aromatic nitrogens is 1. The van der Waals surface area contributed by atoms with Crippen LogP contribution in [0.2, 0.25) is 0 Å². The summed E-state index contributed by atoms with van der Waals surface area (Å²) in [6, 6.07) is 11.1. The first-order valence-electron chi connectivity index (χ1n) is 7.56. The van der Waals surface area contributed by atoms with E-state index in [1.165, 1.54) is 0 Å². The number of urea groups is 1. The Kier molecular flexibility index (Phi) is 4.61. The highest BCUT2D eigenvalue weighted by molar-refractivity contribution is 5.74. The largest absolute Gasteiger partial charge is 0.454 e. The molecule has 2 heterocycles. The van der Waals surface area contributed by atoms with Crippen molar-refractivity contribution >= 4 is 6.03 Å². The second-order valence-corrected chi connectivity index (χ2v) is 5.31. The molecule has 2 amide bonds. The van der Waals surface area contributed by atoms with Crippen molar-refractivity contribution in [1.82, 2.24) is 15.6 Å². The van der Waals surface area contributed by atoms with Gasteiger partial charge in [0, 0.05) is 12.7 Å². The van der Waals surface area contributed by atoms with Crippen LogP contribution in [0.5, 0.6) is 11.5 Å². The lowest BCUT2D eigenvalue weighted by molar-refractivity contribution is 0.174. The van der Waals surface area contributed by atoms with Gasteiger partial charge in [-0.15, -0.1) is 0 Å². The van der Waals surface area contributed by atoms with E-state index >= 15 is 0 Å². The fraction of sp³-hybridized carbons (Fsp3) is 0.294. The zero-order chi connectivity index (χ0) is 16.1. The first kappa shape index (κ1) is 15.1.